The minimum Gasteiger partial charge on any atom is -0.460 e. The Morgan fingerprint density at radius 2 is 2.00 bits per heavy atom. The zero-order valence-corrected chi connectivity index (χ0v) is 17.1. The summed E-state index contributed by atoms with van der Waals surface area (Å²) >= 11 is 5.44. The van der Waals surface area contributed by atoms with Crippen LogP contribution in [-0.2, 0) is 19.0 Å². The van der Waals surface area contributed by atoms with Gasteiger partial charge in [-0.05, 0) is 32.1 Å². The van der Waals surface area contributed by atoms with E-state index in [0.29, 0.717) is 17.4 Å². The van der Waals surface area contributed by atoms with Gasteiger partial charge in [-0.25, -0.2) is 13.6 Å². The maximum Gasteiger partial charge on any atom is 0.338 e. The molecule has 1 heterocycles. The second-order valence-corrected chi connectivity index (χ2v) is 6.74. The van der Waals surface area contributed by atoms with Crippen LogP contribution >= 0.6 is 12.2 Å². The average molecular weight is 414 g/mol. The first-order valence-electron chi connectivity index (χ1n) is 8.72. The molecule has 2 atom stereocenters. The van der Waals surface area contributed by atoms with E-state index < -0.39 is 23.6 Å². The molecule has 1 aliphatic heterocycles. The highest BCUT2D eigenvalue weighted by atomic mass is 32.1. The summed E-state index contributed by atoms with van der Waals surface area (Å²) in [5.41, 5.74) is 0.809. The summed E-state index contributed by atoms with van der Waals surface area (Å²) in [5.74, 6) is -2.12. The number of methoxy groups -OCH3 is 2. The smallest absolute Gasteiger partial charge is 0.338 e. The summed E-state index contributed by atoms with van der Waals surface area (Å²) in [5, 5.41) is 3.29. The molecule has 0 spiro atoms. The maximum atomic E-state index is 14.5. The van der Waals surface area contributed by atoms with Crippen molar-refractivity contribution in [3.05, 3.63) is 46.7 Å². The topological polar surface area (TPSA) is 60.0 Å². The van der Waals surface area contributed by atoms with Crippen LogP contribution in [0.3, 0.4) is 0 Å². The van der Waals surface area contributed by atoms with Gasteiger partial charge in [-0.15, -0.1) is 0 Å². The van der Waals surface area contributed by atoms with Gasteiger partial charge in [-0.3, -0.25) is 0 Å². The zero-order valence-electron chi connectivity index (χ0n) is 16.3. The van der Waals surface area contributed by atoms with Crippen molar-refractivity contribution in [3.8, 4) is 0 Å². The van der Waals surface area contributed by atoms with Crippen molar-refractivity contribution in [1.29, 1.82) is 0 Å². The number of esters is 1. The van der Waals surface area contributed by atoms with Crippen molar-refractivity contribution in [2.75, 3.05) is 34.0 Å². The van der Waals surface area contributed by atoms with Gasteiger partial charge in [0.25, 0.3) is 0 Å². The van der Waals surface area contributed by atoms with Crippen LogP contribution in [0.15, 0.2) is 29.5 Å². The Kier molecular flexibility index (Phi) is 7.85. The van der Waals surface area contributed by atoms with Crippen LogP contribution in [0.25, 0.3) is 0 Å². The predicted molar refractivity (Wildman–Crippen MR) is 104 cm³/mol. The molecular weight excluding hydrogens is 390 g/mol. The molecule has 1 N–H and O–H groups in total. The minimum atomic E-state index is -0.908. The molecule has 6 nitrogen and oxygen atoms in total. The van der Waals surface area contributed by atoms with Crippen molar-refractivity contribution in [3.63, 3.8) is 0 Å². The fourth-order valence-corrected chi connectivity index (χ4v) is 3.57. The first-order valence-corrected chi connectivity index (χ1v) is 9.13. The van der Waals surface area contributed by atoms with Gasteiger partial charge in [0.2, 0.25) is 0 Å². The van der Waals surface area contributed by atoms with Gasteiger partial charge >= 0.3 is 5.97 Å². The number of allylic oxidation sites excluding steroid dienone is 1. The van der Waals surface area contributed by atoms with Gasteiger partial charge in [-0.1, -0.05) is 6.07 Å². The van der Waals surface area contributed by atoms with Crippen LogP contribution < -0.4 is 5.32 Å². The van der Waals surface area contributed by atoms with Crippen molar-refractivity contribution < 1.29 is 27.8 Å². The number of nitrogens with zero attached hydrogens (tertiary/aromatic N) is 1. The van der Waals surface area contributed by atoms with E-state index >= 15 is 0 Å². The molecule has 0 amide bonds. The molecular formula is C19H24F2N2O4S. The van der Waals surface area contributed by atoms with Gasteiger partial charge in [0.1, 0.15) is 18.2 Å². The van der Waals surface area contributed by atoms with Crippen LogP contribution in [0.5, 0.6) is 0 Å². The van der Waals surface area contributed by atoms with Crippen molar-refractivity contribution in [2.45, 2.75) is 25.9 Å². The van der Waals surface area contributed by atoms with E-state index in [2.05, 4.69) is 5.32 Å². The molecule has 1 aromatic carbocycles. The largest absolute Gasteiger partial charge is 0.460 e. The Labute approximate surface area is 168 Å². The quantitative estimate of drug-likeness (QED) is 0.399. The Morgan fingerprint density at radius 1 is 1.29 bits per heavy atom. The summed E-state index contributed by atoms with van der Waals surface area (Å²) in [4.78, 5) is 14.5. The number of nitrogens with one attached hydrogen (secondary N) is 1. The fraction of sp³-hybridized carbons (Fsp3) is 0.474. The Hall–Kier alpha value is -2.10. The van der Waals surface area contributed by atoms with E-state index in [1.165, 1.54) is 13.2 Å². The molecule has 28 heavy (non-hydrogen) atoms. The Balaban J connectivity index is 2.50. The van der Waals surface area contributed by atoms with Crippen molar-refractivity contribution >= 4 is 23.3 Å². The SMILES string of the molecule is COCCOC(=O)C1=C(C)N([C@@H](C)COC)C(=S)N[C@@H]1c1ccc(F)cc1F. The third-order valence-electron chi connectivity index (χ3n) is 4.39. The maximum absolute atomic E-state index is 14.5. The van der Waals surface area contributed by atoms with Gasteiger partial charge in [0.05, 0.1) is 30.9 Å². The summed E-state index contributed by atoms with van der Waals surface area (Å²) in [6.07, 6.45) is 0. The molecule has 0 bridgehead atoms. The lowest BCUT2D eigenvalue weighted by atomic mass is 9.94. The lowest BCUT2D eigenvalue weighted by molar-refractivity contribution is -0.140. The van der Waals surface area contributed by atoms with E-state index in [1.54, 1.807) is 18.9 Å². The Morgan fingerprint density at radius 3 is 2.61 bits per heavy atom. The zero-order chi connectivity index (χ0) is 20.8. The summed E-state index contributed by atoms with van der Waals surface area (Å²) in [6.45, 7) is 4.22. The number of halogens is 2. The molecule has 0 aromatic heterocycles. The number of hydrogen-bond acceptors (Lipinski definition) is 5. The molecule has 2 rings (SSSR count). The predicted octanol–water partition coefficient (Wildman–Crippen LogP) is 2.69. The summed E-state index contributed by atoms with van der Waals surface area (Å²) in [6, 6.07) is 2.10. The average Bonchev–Trinajstić information content (AvgIpc) is 2.61. The van der Waals surface area contributed by atoms with Crippen LogP contribution in [0.1, 0.15) is 25.5 Å². The van der Waals surface area contributed by atoms with Crippen LogP contribution in [0, 0.1) is 11.6 Å². The van der Waals surface area contributed by atoms with Crippen LogP contribution in [0.2, 0.25) is 0 Å². The summed E-state index contributed by atoms with van der Waals surface area (Å²) < 4.78 is 43.2. The first-order chi connectivity index (χ1) is 13.3. The number of thiocarbonyl (C=S) groups is 1. The molecule has 9 heteroatoms. The molecule has 0 unspecified atom stereocenters. The van der Waals surface area contributed by atoms with Crippen LogP contribution in [-0.4, -0.2) is 56.1 Å². The lowest BCUT2D eigenvalue weighted by Crippen LogP contribution is -2.52. The number of carbonyl (C=O) groups excluding carboxylic acids is 1. The molecule has 0 saturated heterocycles. The van der Waals surface area contributed by atoms with Gasteiger partial charge in [0, 0.05) is 31.5 Å². The van der Waals surface area contributed by atoms with E-state index in [9.17, 15) is 13.6 Å². The van der Waals surface area contributed by atoms with E-state index in [-0.39, 0.29) is 30.4 Å². The molecule has 0 aliphatic carbocycles. The molecule has 0 fully saturated rings. The second kappa shape index (κ2) is 9.90. The number of carbonyl (C=O) groups is 1. The van der Waals surface area contributed by atoms with E-state index in [1.807, 2.05) is 6.92 Å². The monoisotopic (exact) mass is 414 g/mol. The number of benzene rings is 1. The third-order valence-corrected chi connectivity index (χ3v) is 4.70. The van der Waals surface area contributed by atoms with Crippen molar-refractivity contribution in [2.24, 2.45) is 0 Å². The minimum absolute atomic E-state index is 0.0444. The third kappa shape index (κ3) is 4.84. The first kappa shape index (κ1) is 22.2. The van der Waals surface area contributed by atoms with Crippen molar-refractivity contribution in [1.82, 2.24) is 10.2 Å². The molecule has 1 aromatic rings. The van der Waals surface area contributed by atoms with Gasteiger partial charge in [-0.2, -0.15) is 0 Å². The number of hydrogen-bond donors (Lipinski definition) is 1. The lowest BCUT2D eigenvalue weighted by Gasteiger charge is -2.40. The normalized spacial score (nSPS) is 18.1. The summed E-state index contributed by atoms with van der Waals surface area (Å²) in [7, 11) is 3.05. The van der Waals surface area contributed by atoms with E-state index in [0.717, 1.165) is 12.1 Å². The highest BCUT2D eigenvalue weighted by Crippen LogP contribution is 2.33. The van der Waals surface area contributed by atoms with E-state index in [4.69, 9.17) is 26.4 Å². The number of rotatable bonds is 8. The van der Waals surface area contributed by atoms with Gasteiger partial charge in [0.15, 0.2) is 5.11 Å². The highest BCUT2D eigenvalue weighted by molar-refractivity contribution is 7.80. The molecule has 0 radical (unpaired) electrons. The second-order valence-electron chi connectivity index (χ2n) is 6.35. The molecule has 0 saturated carbocycles. The Bertz CT molecular complexity index is 772. The highest BCUT2D eigenvalue weighted by Gasteiger charge is 2.37. The van der Waals surface area contributed by atoms with Gasteiger partial charge < -0.3 is 24.4 Å². The molecule has 154 valence electrons. The molecule has 1 aliphatic rings. The fourth-order valence-electron chi connectivity index (χ4n) is 3.13. The van der Waals surface area contributed by atoms with Crippen LogP contribution in [0.4, 0.5) is 8.78 Å². The standard InChI is InChI=1S/C19H24F2N2O4S/c1-11(10-26-4)23-12(2)16(18(24)27-8-7-25-3)17(22-19(23)28)14-6-5-13(20)9-15(14)21/h5-6,9,11,17H,7-8,10H2,1-4H3,(H,22,28)/t11-,17+/m0/s1. The number of ether oxygens (including phenoxy) is 3.